The summed E-state index contributed by atoms with van der Waals surface area (Å²) in [5.74, 6) is -1.57. The maximum Gasteiger partial charge on any atom is 0.267 e. The van der Waals surface area contributed by atoms with E-state index >= 15 is 0 Å². The lowest BCUT2D eigenvalue weighted by Crippen LogP contribution is -2.50. The van der Waals surface area contributed by atoms with Crippen LogP contribution in [0.5, 0.6) is 0 Å². The first-order chi connectivity index (χ1) is 19.2. The smallest absolute Gasteiger partial charge is 0.267 e. The van der Waals surface area contributed by atoms with Crippen LogP contribution in [-0.2, 0) is 14.9 Å². The predicted octanol–water partition coefficient (Wildman–Crippen LogP) is 7.20. The van der Waals surface area contributed by atoms with Crippen molar-refractivity contribution in [1.82, 2.24) is 5.32 Å². The van der Waals surface area contributed by atoms with Gasteiger partial charge in [0.1, 0.15) is 6.10 Å². The summed E-state index contributed by atoms with van der Waals surface area (Å²) in [5, 5.41) is 23.1. The fourth-order valence-electron chi connectivity index (χ4n) is 4.43. The summed E-state index contributed by atoms with van der Waals surface area (Å²) in [7, 11) is -4.44. The highest BCUT2D eigenvalue weighted by atomic mass is 32.2. The molecule has 0 saturated carbocycles. The third-order valence-electron chi connectivity index (χ3n) is 6.90. The summed E-state index contributed by atoms with van der Waals surface area (Å²) in [5.41, 5.74) is 0. The van der Waals surface area contributed by atoms with Crippen LogP contribution < -0.4 is 5.32 Å². The SMILES string of the molecule is CCCCCCC/C=C/CC/C=C/CC/C=C/C(O)C(CS(=O)(=O)O)NC(=O)C(O)CCCCCCCCCC. The van der Waals surface area contributed by atoms with Gasteiger partial charge in [-0.2, -0.15) is 8.42 Å². The van der Waals surface area contributed by atoms with Crippen molar-refractivity contribution in [2.75, 3.05) is 5.75 Å². The first-order valence-corrected chi connectivity index (χ1v) is 17.4. The normalized spacial score (nSPS) is 14.8. The Hall–Kier alpha value is -1.48. The monoisotopic (exact) mass is 585 g/mol. The zero-order valence-electron chi connectivity index (χ0n) is 25.3. The molecule has 0 heterocycles. The van der Waals surface area contributed by atoms with Crippen LogP contribution in [0.1, 0.15) is 136 Å². The van der Waals surface area contributed by atoms with Crippen molar-refractivity contribution in [3.8, 4) is 0 Å². The van der Waals surface area contributed by atoms with Gasteiger partial charge in [0.2, 0.25) is 5.91 Å². The van der Waals surface area contributed by atoms with Gasteiger partial charge in [-0.3, -0.25) is 9.35 Å². The standard InChI is InChI=1S/C32H59NO6S/c1-3-5-7-9-11-13-14-15-16-17-18-19-21-22-24-26-30(34)29(28-40(37,38)39)33-32(36)31(35)27-25-23-20-12-10-8-6-4-2/h14-15,18-19,24,26,29-31,34-35H,3-13,16-17,20-23,25,27-28H2,1-2H3,(H,33,36)(H,37,38,39)/b15-14+,19-18+,26-24+. The number of rotatable bonds is 27. The number of hydrogen-bond acceptors (Lipinski definition) is 5. The summed E-state index contributed by atoms with van der Waals surface area (Å²) in [6.45, 7) is 4.41. The molecule has 8 heteroatoms. The lowest BCUT2D eigenvalue weighted by molar-refractivity contribution is -0.130. The first-order valence-electron chi connectivity index (χ1n) is 15.8. The molecular weight excluding hydrogens is 526 g/mol. The Balaban J connectivity index is 4.32. The quantitative estimate of drug-likeness (QED) is 0.0459. The molecule has 0 fully saturated rings. The Morgan fingerprint density at radius 2 is 1.12 bits per heavy atom. The van der Waals surface area contributed by atoms with Gasteiger partial charge in [-0.25, -0.2) is 0 Å². The Morgan fingerprint density at radius 1 is 0.675 bits per heavy atom. The molecule has 234 valence electrons. The van der Waals surface area contributed by atoms with Crippen molar-refractivity contribution in [2.24, 2.45) is 0 Å². The number of hydrogen-bond donors (Lipinski definition) is 4. The van der Waals surface area contributed by atoms with E-state index < -0.39 is 40.0 Å². The summed E-state index contributed by atoms with van der Waals surface area (Å²) in [6, 6.07) is -1.25. The summed E-state index contributed by atoms with van der Waals surface area (Å²) in [6.07, 6.45) is 29.3. The number of allylic oxidation sites excluding steroid dienone is 5. The summed E-state index contributed by atoms with van der Waals surface area (Å²) < 4.78 is 32.2. The molecule has 0 aliphatic carbocycles. The number of aliphatic hydroxyl groups is 2. The van der Waals surface area contributed by atoms with E-state index in [-0.39, 0.29) is 6.42 Å². The van der Waals surface area contributed by atoms with Gasteiger partial charge in [-0.15, -0.1) is 0 Å². The molecule has 0 aromatic rings. The zero-order valence-corrected chi connectivity index (χ0v) is 26.1. The molecule has 0 bridgehead atoms. The second-order valence-electron chi connectivity index (χ2n) is 10.9. The van der Waals surface area contributed by atoms with Gasteiger partial charge in [-0.05, 0) is 44.9 Å². The van der Waals surface area contributed by atoms with E-state index in [0.717, 1.165) is 44.9 Å². The highest BCUT2D eigenvalue weighted by molar-refractivity contribution is 7.85. The van der Waals surface area contributed by atoms with E-state index in [2.05, 4.69) is 43.5 Å². The topological polar surface area (TPSA) is 124 Å². The molecule has 40 heavy (non-hydrogen) atoms. The third-order valence-corrected chi connectivity index (χ3v) is 7.69. The van der Waals surface area contributed by atoms with Crippen molar-refractivity contribution in [1.29, 1.82) is 0 Å². The fourth-order valence-corrected chi connectivity index (χ4v) is 5.16. The van der Waals surface area contributed by atoms with Crippen LogP contribution >= 0.6 is 0 Å². The Kier molecular flexibility index (Phi) is 25.4. The van der Waals surface area contributed by atoms with Crippen LogP contribution in [0.15, 0.2) is 36.5 Å². The van der Waals surface area contributed by atoms with Gasteiger partial charge in [0, 0.05) is 0 Å². The maximum absolute atomic E-state index is 12.4. The largest absolute Gasteiger partial charge is 0.387 e. The Morgan fingerprint density at radius 3 is 1.65 bits per heavy atom. The molecule has 7 nitrogen and oxygen atoms in total. The number of nitrogens with one attached hydrogen (secondary N) is 1. The molecule has 0 aromatic carbocycles. The predicted molar refractivity (Wildman–Crippen MR) is 167 cm³/mol. The highest BCUT2D eigenvalue weighted by Crippen LogP contribution is 2.12. The van der Waals surface area contributed by atoms with Crippen molar-refractivity contribution >= 4 is 16.0 Å². The van der Waals surface area contributed by atoms with E-state index in [1.165, 1.54) is 63.9 Å². The average Bonchev–Trinajstić information content (AvgIpc) is 2.90. The van der Waals surface area contributed by atoms with Crippen molar-refractivity contribution in [3.05, 3.63) is 36.5 Å². The van der Waals surface area contributed by atoms with Gasteiger partial charge in [-0.1, -0.05) is 127 Å². The summed E-state index contributed by atoms with van der Waals surface area (Å²) >= 11 is 0. The molecule has 3 unspecified atom stereocenters. The number of unbranched alkanes of at least 4 members (excludes halogenated alkanes) is 14. The molecule has 0 rings (SSSR count). The van der Waals surface area contributed by atoms with E-state index in [0.29, 0.717) is 12.8 Å². The van der Waals surface area contributed by atoms with Crippen LogP contribution in [0.25, 0.3) is 0 Å². The van der Waals surface area contributed by atoms with Crippen molar-refractivity contribution < 1.29 is 28.0 Å². The second-order valence-corrected chi connectivity index (χ2v) is 12.4. The van der Waals surface area contributed by atoms with Gasteiger partial charge in [0.05, 0.1) is 17.9 Å². The fraction of sp³-hybridized carbons (Fsp3) is 0.781. The van der Waals surface area contributed by atoms with E-state index in [4.69, 9.17) is 0 Å². The van der Waals surface area contributed by atoms with Gasteiger partial charge in [0.15, 0.2) is 0 Å². The summed E-state index contributed by atoms with van der Waals surface area (Å²) in [4.78, 5) is 12.4. The first kappa shape index (κ1) is 38.5. The molecule has 0 aromatic heterocycles. The molecule has 1 amide bonds. The minimum absolute atomic E-state index is 0.270. The van der Waals surface area contributed by atoms with E-state index in [1.807, 2.05) is 0 Å². The minimum atomic E-state index is -4.44. The number of carbonyl (C=O) groups is 1. The van der Waals surface area contributed by atoms with Gasteiger partial charge in [0.25, 0.3) is 10.1 Å². The highest BCUT2D eigenvalue weighted by Gasteiger charge is 2.27. The molecule has 0 spiro atoms. The van der Waals surface area contributed by atoms with Gasteiger partial charge < -0.3 is 15.5 Å². The van der Waals surface area contributed by atoms with Crippen LogP contribution in [-0.4, -0.2) is 53.1 Å². The van der Waals surface area contributed by atoms with E-state index in [1.54, 1.807) is 6.08 Å². The van der Waals surface area contributed by atoms with Crippen LogP contribution in [0.3, 0.4) is 0 Å². The van der Waals surface area contributed by atoms with Crippen LogP contribution in [0, 0.1) is 0 Å². The molecule has 3 atom stereocenters. The molecule has 0 saturated heterocycles. The van der Waals surface area contributed by atoms with Crippen LogP contribution in [0.4, 0.5) is 0 Å². The average molecular weight is 586 g/mol. The third kappa shape index (κ3) is 25.5. The lowest BCUT2D eigenvalue weighted by Gasteiger charge is -2.22. The van der Waals surface area contributed by atoms with Gasteiger partial charge >= 0.3 is 0 Å². The van der Waals surface area contributed by atoms with E-state index in [9.17, 15) is 28.0 Å². The maximum atomic E-state index is 12.4. The Bertz CT molecular complexity index is 793. The molecular formula is C32H59NO6S. The molecule has 4 N–H and O–H groups in total. The molecule has 0 aliphatic heterocycles. The lowest BCUT2D eigenvalue weighted by atomic mass is 10.0. The van der Waals surface area contributed by atoms with Crippen molar-refractivity contribution in [2.45, 2.75) is 154 Å². The Labute approximate surface area is 245 Å². The number of aliphatic hydroxyl groups excluding tert-OH is 2. The second kappa shape index (κ2) is 26.4. The molecule has 0 radical (unpaired) electrons. The van der Waals surface area contributed by atoms with Crippen molar-refractivity contribution in [3.63, 3.8) is 0 Å². The minimum Gasteiger partial charge on any atom is -0.387 e. The number of amides is 1. The molecule has 0 aliphatic rings. The van der Waals surface area contributed by atoms with Crippen LogP contribution in [0.2, 0.25) is 0 Å². The zero-order chi connectivity index (χ0) is 29.9. The number of carbonyl (C=O) groups excluding carboxylic acids is 1.